The van der Waals surface area contributed by atoms with E-state index in [-0.39, 0.29) is 5.91 Å². The number of aromatic nitrogens is 2. The summed E-state index contributed by atoms with van der Waals surface area (Å²) in [5, 5.41) is 9.77. The molecule has 8 heteroatoms. The third-order valence-corrected chi connectivity index (χ3v) is 6.14. The van der Waals surface area contributed by atoms with Crippen molar-refractivity contribution in [2.24, 2.45) is 0 Å². The molecule has 0 radical (unpaired) electrons. The maximum Gasteiger partial charge on any atom is 0.220 e. The molecule has 3 N–H and O–H groups in total. The van der Waals surface area contributed by atoms with Gasteiger partial charge in [0.25, 0.3) is 0 Å². The largest absolute Gasteiger partial charge is 0.494 e. The highest BCUT2D eigenvalue weighted by Gasteiger charge is 2.08. The van der Waals surface area contributed by atoms with Gasteiger partial charge in [-0.3, -0.25) is 9.69 Å². The molecular weight excluding hydrogens is 452 g/mol. The summed E-state index contributed by atoms with van der Waals surface area (Å²) < 4.78 is 5.86. The standard InChI is InChI=1S/C28H36N6O2/c1-2-34-16-7-10-28(35)29-15-4-3-5-17-36-25-13-11-23(12-14-25)32-26-19-27(31-21-30-26)33-24-9-6-8-22(18-24)20-34/h6,8-9,11-14,18-19,21H,2-5,7,10,15-17,20H2,1H3,(H,29,35)(H2,30,31,32,33). The van der Waals surface area contributed by atoms with Crippen LogP contribution in [0.25, 0.3) is 0 Å². The summed E-state index contributed by atoms with van der Waals surface area (Å²) in [5.74, 6) is 2.40. The van der Waals surface area contributed by atoms with Gasteiger partial charge in [0.15, 0.2) is 0 Å². The number of ether oxygens (including phenoxy) is 1. The summed E-state index contributed by atoms with van der Waals surface area (Å²) in [6.07, 6.45) is 5.89. The first-order valence-electron chi connectivity index (χ1n) is 12.8. The maximum atomic E-state index is 12.2. The Hall–Kier alpha value is -3.65. The molecule has 0 saturated heterocycles. The molecule has 3 aromatic rings. The molecular formula is C28H36N6O2. The van der Waals surface area contributed by atoms with Crippen LogP contribution < -0.4 is 20.7 Å². The summed E-state index contributed by atoms with van der Waals surface area (Å²) in [4.78, 5) is 23.3. The monoisotopic (exact) mass is 488 g/mol. The van der Waals surface area contributed by atoms with E-state index < -0.39 is 0 Å². The fraction of sp³-hybridized carbons (Fsp3) is 0.393. The fourth-order valence-electron chi connectivity index (χ4n) is 4.15. The lowest BCUT2D eigenvalue weighted by molar-refractivity contribution is -0.121. The Morgan fingerprint density at radius 2 is 1.72 bits per heavy atom. The van der Waals surface area contributed by atoms with Crippen LogP contribution in [-0.4, -0.2) is 47.0 Å². The highest BCUT2D eigenvalue weighted by Crippen LogP contribution is 2.22. The summed E-state index contributed by atoms with van der Waals surface area (Å²) in [5.41, 5.74) is 3.11. The minimum atomic E-state index is 0.136. The molecule has 0 aliphatic carbocycles. The van der Waals surface area contributed by atoms with Gasteiger partial charge in [-0.1, -0.05) is 19.1 Å². The van der Waals surface area contributed by atoms with Gasteiger partial charge in [0.2, 0.25) is 5.91 Å². The minimum absolute atomic E-state index is 0.136. The van der Waals surface area contributed by atoms with Gasteiger partial charge in [0, 0.05) is 37.0 Å². The van der Waals surface area contributed by atoms with E-state index in [0.717, 1.165) is 69.0 Å². The van der Waals surface area contributed by atoms with Gasteiger partial charge in [-0.05, 0) is 80.7 Å². The zero-order chi connectivity index (χ0) is 25.0. The second-order valence-corrected chi connectivity index (χ2v) is 8.99. The smallest absolute Gasteiger partial charge is 0.220 e. The molecule has 0 saturated carbocycles. The molecule has 0 fully saturated rings. The van der Waals surface area contributed by atoms with E-state index in [0.29, 0.717) is 24.7 Å². The Morgan fingerprint density at radius 3 is 2.53 bits per heavy atom. The number of nitrogens with one attached hydrogen (secondary N) is 3. The first-order chi connectivity index (χ1) is 17.7. The van der Waals surface area contributed by atoms with Gasteiger partial charge < -0.3 is 20.7 Å². The number of benzene rings is 2. The normalized spacial score (nSPS) is 16.4. The third-order valence-electron chi connectivity index (χ3n) is 6.14. The van der Waals surface area contributed by atoms with E-state index in [4.69, 9.17) is 4.74 Å². The summed E-state index contributed by atoms with van der Waals surface area (Å²) in [7, 11) is 0. The van der Waals surface area contributed by atoms with E-state index in [2.05, 4.69) is 55.9 Å². The number of hydrogen-bond donors (Lipinski definition) is 3. The zero-order valence-corrected chi connectivity index (χ0v) is 21.0. The SMILES string of the molecule is CCN1CCCC(=O)NCCCCCOc2ccc(cc2)Nc2cc(ncn2)Nc2cccc(c2)C1. The Kier molecular flexibility index (Phi) is 9.50. The zero-order valence-electron chi connectivity index (χ0n) is 21.0. The van der Waals surface area contributed by atoms with Crippen LogP contribution in [0.2, 0.25) is 0 Å². The van der Waals surface area contributed by atoms with Crippen LogP contribution in [0.1, 0.15) is 44.6 Å². The number of carbonyl (C=O) groups is 1. The van der Waals surface area contributed by atoms with Crippen molar-refractivity contribution in [2.45, 2.75) is 45.6 Å². The Morgan fingerprint density at radius 1 is 0.917 bits per heavy atom. The van der Waals surface area contributed by atoms with Crippen molar-refractivity contribution in [3.05, 3.63) is 66.5 Å². The molecule has 1 amide bonds. The van der Waals surface area contributed by atoms with Crippen molar-refractivity contribution in [2.75, 3.05) is 36.9 Å². The predicted molar refractivity (Wildman–Crippen MR) is 144 cm³/mol. The molecule has 2 aliphatic rings. The molecule has 0 unspecified atom stereocenters. The third kappa shape index (κ3) is 8.23. The molecule has 2 aromatic carbocycles. The number of nitrogens with zero attached hydrogens (tertiary/aromatic N) is 3. The number of carbonyl (C=O) groups excluding carboxylic acids is 1. The first-order valence-corrected chi connectivity index (χ1v) is 12.8. The van der Waals surface area contributed by atoms with E-state index in [1.807, 2.05) is 36.4 Å². The van der Waals surface area contributed by atoms with Crippen LogP contribution in [-0.2, 0) is 11.3 Å². The lowest BCUT2D eigenvalue weighted by Crippen LogP contribution is -2.28. The molecule has 190 valence electrons. The van der Waals surface area contributed by atoms with Gasteiger partial charge in [-0.25, -0.2) is 9.97 Å². The number of fused-ring (bicyclic) bond motifs is 14. The van der Waals surface area contributed by atoms with Crippen molar-refractivity contribution in [1.82, 2.24) is 20.2 Å². The van der Waals surface area contributed by atoms with Crippen molar-refractivity contribution in [1.29, 1.82) is 0 Å². The lowest BCUT2D eigenvalue weighted by atomic mass is 10.1. The molecule has 0 atom stereocenters. The van der Waals surface area contributed by atoms with Gasteiger partial charge in [-0.2, -0.15) is 0 Å². The van der Waals surface area contributed by atoms with Crippen LogP contribution >= 0.6 is 0 Å². The van der Waals surface area contributed by atoms with Gasteiger partial charge in [-0.15, -0.1) is 0 Å². The topological polar surface area (TPSA) is 91.4 Å². The summed E-state index contributed by atoms with van der Waals surface area (Å²) in [6.45, 7) is 6.20. The first kappa shape index (κ1) is 25.4. The van der Waals surface area contributed by atoms with Crippen LogP contribution in [0.3, 0.4) is 0 Å². The van der Waals surface area contributed by atoms with Crippen molar-refractivity contribution < 1.29 is 9.53 Å². The molecule has 5 rings (SSSR count). The molecule has 1 aromatic heterocycles. The minimum Gasteiger partial charge on any atom is -0.494 e. The number of hydrogen-bond acceptors (Lipinski definition) is 7. The van der Waals surface area contributed by atoms with Gasteiger partial charge in [0.05, 0.1) is 6.61 Å². The number of rotatable bonds is 1. The van der Waals surface area contributed by atoms with E-state index >= 15 is 0 Å². The van der Waals surface area contributed by atoms with Crippen LogP contribution in [0.4, 0.5) is 23.0 Å². The molecule has 36 heavy (non-hydrogen) atoms. The second kappa shape index (κ2) is 13.4. The summed E-state index contributed by atoms with van der Waals surface area (Å²) >= 11 is 0. The van der Waals surface area contributed by atoms with Gasteiger partial charge >= 0.3 is 0 Å². The number of anilines is 4. The lowest BCUT2D eigenvalue weighted by Gasteiger charge is -2.21. The predicted octanol–water partition coefficient (Wildman–Crippen LogP) is 5.24. The van der Waals surface area contributed by atoms with E-state index in [1.165, 1.54) is 5.56 Å². The number of amides is 1. The quantitative estimate of drug-likeness (QED) is 0.431. The fourth-order valence-corrected chi connectivity index (χ4v) is 4.15. The summed E-state index contributed by atoms with van der Waals surface area (Å²) in [6, 6.07) is 18.1. The molecule has 2 aliphatic heterocycles. The van der Waals surface area contributed by atoms with E-state index in [9.17, 15) is 4.79 Å². The highest BCUT2D eigenvalue weighted by atomic mass is 16.5. The maximum absolute atomic E-state index is 12.2. The van der Waals surface area contributed by atoms with Gasteiger partial charge in [0.1, 0.15) is 23.7 Å². The Bertz CT molecular complexity index is 1110. The molecule has 8 nitrogen and oxygen atoms in total. The average Bonchev–Trinajstić information content (AvgIpc) is 2.88. The Labute approximate surface area is 213 Å². The molecule has 3 heterocycles. The van der Waals surface area contributed by atoms with Crippen LogP contribution in [0.15, 0.2) is 60.9 Å². The Balaban J connectivity index is 1.47. The molecule has 0 spiro atoms. The average molecular weight is 489 g/mol. The van der Waals surface area contributed by atoms with Crippen LogP contribution in [0, 0.1) is 0 Å². The van der Waals surface area contributed by atoms with Crippen molar-refractivity contribution in [3.63, 3.8) is 0 Å². The van der Waals surface area contributed by atoms with E-state index in [1.54, 1.807) is 6.33 Å². The van der Waals surface area contributed by atoms with Crippen molar-refractivity contribution in [3.8, 4) is 5.75 Å². The van der Waals surface area contributed by atoms with Crippen molar-refractivity contribution >= 4 is 28.9 Å². The van der Waals surface area contributed by atoms with Crippen LogP contribution in [0.5, 0.6) is 5.75 Å². The second-order valence-electron chi connectivity index (χ2n) is 8.99. The highest BCUT2D eigenvalue weighted by molar-refractivity contribution is 5.75. The molecule has 6 bridgehead atoms.